The van der Waals surface area contributed by atoms with Gasteiger partial charge in [0.1, 0.15) is 0 Å². The van der Waals surface area contributed by atoms with Crippen molar-refractivity contribution < 1.29 is 9.47 Å². The second kappa shape index (κ2) is 8.20. The van der Waals surface area contributed by atoms with Gasteiger partial charge in [-0.1, -0.05) is 6.42 Å². The molecule has 0 amide bonds. The van der Waals surface area contributed by atoms with Crippen LogP contribution in [0.2, 0.25) is 0 Å². The van der Waals surface area contributed by atoms with Gasteiger partial charge < -0.3 is 14.8 Å². The molecule has 0 radical (unpaired) electrons. The highest BCUT2D eigenvalue weighted by Crippen LogP contribution is 2.35. The Hall–Kier alpha value is -0.520. The molecule has 21 heavy (non-hydrogen) atoms. The van der Waals surface area contributed by atoms with Crippen LogP contribution in [0, 0.1) is 0 Å². The van der Waals surface area contributed by atoms with E-state index in [-0.39, 0.29) is 0 Å². The highest BCUT2D eigenvalue weighted by atomic mass is 32.2. The van der Waals surface area contributed by atoms with Crippen LogP contribution in [0.5, 0.6) is 11.5 Å². The Morgan fingerprint density at radius 1 is 1.14 bits per heavy atom. The monoisotopic (exact) mass is 327 g/mol. The van der Waals surface area contributed by atoms with E-state index in [2.05, 4.69) is 30.0 Å². The van der Waals surface area contributed by atoms with Crippen molar-refractivity contribution in [3.8, 4) is 11.5 Å². The van der Waals surface area contributed by atoms with Crippen LogP contribution in [0.4, 0.5) is 0 Å². The SMILES string of the molecule is COc1cc(CNC2CCCC2SC)c(SC)cc1OC. The third-order valence-electron chi connectivity index (χ3n) is 4.10. The number of benzene rings is 1. The summed E-state index contributed by atoms with van der Waals surface area (Å²) in [4.78, 5) is 1.25. The highest BCUT2D eigenvalue weighted by Gasteiger charge is 2.26. The van der Waals surface area contributed by atoms with Crippen LogP contribution in [0.25, 0.3) is 0 Å². The summed E-state index contributed by atoms with van der Waals surface area (Å²) >= 11 is 3.74. The van der Waals surface area contributed by atoms with Gasteiger partial charge in [-0.3, -0.25) is 0 Å². The van der Waals surface area contributed by atoms with Gasteiger partial charge >= 0.3 is 0 Å². The van der Waals surface area contributed by atoms with E-state index in [4.69, 9.17) is 9.47 Å². The molecule has 2 atom stereocenters. The summed E-state index contributed by atoms with van der Waals surface area (Å²) in [6, 6.07) is 4.80. The Morgan fingerprint density at radius 3 is 2.48 bits per heavy atom. The van der Waals surface area contributed by atoms with Crippen LogP contribution in [-0.4, -0.2) is 38.0 Å². The summed E-state index contributed by atoms with van der Waals surface area (Å²) in [7, 11) is 3.37. The lowest BCUT2D eigenvalue weighted by Crippen LogP contribution is -2.33. The molecule has 2 unspecified atom stereocenters. The lowest BCUT2D eigenvalue weighted by atomic mass is 10.1. The molecular formula is C16H25NO2S2. The van der Waals surface area contributed by atoms with Crippen molar-refractivity contribution in [3.63, 3.8) is 0 Å². The molecule has 5 heteroatoms. The molecule has 0 aliphatic heterocycles. The minimum Gasteiger partial charge on any atom is -0.493 e. The zero-order valence-corrected chi connectivity index (χ0v) is 14.9. The van der Waals surface area contributed by atoms with Crippen molar-refractivity contribution in [1.29, 1.82) is 0 Å². The Balaban J connectivity index is 2.11. The average Bonchev–Trinajstić information content (AvgIpc) is 2.99. The molecule has 1 N–H and O–H groups in total. The summed E-state index contributed by atoms with van der Waals surface area (Å²) < 4.78 is 10.8. The number of rotatable bonds is 7. The zero-order valence-electron chi connectivity index (χ0n) is 13.3. The predicted octanol–water partition coefficient (Wildman–Crippen LogP) is 3.80. The van der Waals surface area contributed by atoms with Crippen molar-refractivity contribution in [2.75, 3.05) is 26.7 Å². The van der Waals surface area contributed by atoms with Crippen LogP contribution in [0.3, 0.4) is 0 Å². The first kappa shape index (κ1) is 16.8. The molecule has 1 aliphatic carbocycles. The second-order valence-corrected chi connectivity index (χ2v) is 7.14. The largest absolute Gasteiger partial charge is 0.493 e. The third kappa shape index (κ3) is 4.02. The summed E-state index contributed by atoms with van der Waals surface area (Å²) in [5.74, 6) is 1.60. The fourth-order valence-electron chi connectivity index (χ4n) is 2.91. The van der Waals surface area contributed by atoms with E-state index in [1.165, 1.54) is 29.7 Å². The van der Waals surface area contributed by atoms with Crippen molar-refractivity contribution >= 4 is 23.5 Å². The van der Waals surface area contributed by atoms with Gasteiger partial charge in [0.05, 0.1) is 14.2 Å². The minimum atomic E-state index is 0.628. The minimum absolute atomic E-state index is 0.628. The number of nitrogens with one attached hydrogen (secondary N) is 1. The maximum Gasteiger partial charge on any atom is 0.161 e. The molecule has 0 saturated heterocycles. The molecule has 0 spiro atoms. The Morgan fingerprint density at radius 2 is 1.86 bits per heavy atom. The van der Waals surface area contributed by atoms with Crippen LogP contribution in [0.1, 0.15) is 24.8 Å². The van der Waals surface area contributed by atoms with Crippen LogP contribution < -0.4 is 14.8 Å². The highest BCUT2D eigenvalue weighted by molar-refractivity contribution is 7.99. The summed E-state index contributed by atoms with van der Waals surface area (Å²) in [6.07, 6.45) is 8.28. The molecule has 2 rings (SSSR count). The summed E-state index contributed by atoms with van der Waals surface area (Å²) in [6.45, 7) is 0.887. The molecule has 118 valence electrons. The van der Waals surface area contributed by atoms with Crippen molar-refractivity contribution in [2.45, 2.75) is 42.0 Å². The number of hydrogen-bond acceptors (Lipinski definition) is 5. The molecule has 0 aromatic heterocycles. The van der Waals surface area contributed by atoms with Crippen molar-refractivity contribution in [2.24, 2.45) is 0 Å². The topological polar surface area (TPSA) is 30.5 Å². The van der Waals surface area contributed by atoms with E-state index in [1.54, 1.807) is 26.0 Å². The number of hydrogen-bond donors (Lipinski definition) is 1. The second-order valence-electron chi connectivity index (χ2n) is 5.21. The van der Waals surface area contributed by atoms with Gasteiger partial charge in [0.2, 0.25) is 0 Å². The van der Waals surface area contributed by atoms with Gasteiger partial charge in [-0.25, -0.2) is 0 Å². The van der Waals surface area contributed by atoms with Crippen molar-refractivity contribution in [3.05, 3.63) is 17.7 Å². The lowest BCUT2D eigenvalue weighted by Gasteiger charge is -2.21. The molecule has 1 saturated carbocycles. The van der Waals surface area contributed by atoms with Crippen LogP contribution >= 0.6 is 23.5 Å². The van der Waals surface area contributed by atoms with E-state index in [1.807, 2.05) is 11.8 Å². The average molecular weight is 328 g/mol. The quantitative estimate of drug-likeness (QED) is 0.770. The first-order valence-corrected chi connectivity index (χ1v) is 9.79. The van der Waals surface area contributed by atoms with Gasteiger partial charge in [0, 0.05) is 22.7 Å². The Labute approximate surface area is 136 Å². The van der Waals surface area contributed by atoms with Gasteiger partial charge in [-0.2, -0.15) is 11.8 Å². The normalized spacial score (nSPS) is 21.5. The predicted molar refractivity (Wildman–Crippen MR) is 93.1 cm³/mol. The van der Waals surface area contributed by atoms with Gasteiger partial charge in [0.25, 0.3) is 0 Å². The van der Waals surface area contributed by atoms with Crippen LogP contribution in [0.15, 0.2) is 17.0 Å². The molecule has 1 aliphatic rings. The van der Waals surface area contributed by atoms with E-state index >= 15 is 0 Å². The number of thioether (sulfide) groups is 2. The maximum atomic E-state index is 5.42. The number of methoxy groups -OCH3 is 2. The van der Waals surface area contributed by atoms with Gasteiger partial charge in [0.15, 0.2) is 11.5 Å². The van der Waals surface area contributed by atoms with E-state index in [9.17, 15) is 0 Å². The smallest absolute Gasteiger partial charge is 0.161 e. The number of ether oxygens (including phenoxy) is 2. The van der Waals surface area contributed by atoms with Gasteiger partial charge in [-0.05, 0) is 43.0 Å². The molecule has 0 bridgehead atoms. The molecular weight excluding hydrogens is 302 g/mol. The molecule has 1 fully saturated rings. The van der Waals surface area contributed by atoms with E-state index in [0.717, 1.165) is 23.3 Å². The van der Waals surface area contributed by atoms with E-state index in [0.29, 0.717) is 6.04 Å². The Kier molecular flexibility index (Phi) is 6.58. The molecule has 3 nitrogen and oxygen atoms in total. The summed E-state index contributed by atoms with van der Waals surface area (Å²) in [5, 5.41) is 4.48. The molecule has 1 aromatic carbocycles. The molecule has 1 aromatic rings. The van der Waals surface area contributed by atoms with Crippen LogP contribution in [-0.2, 0) is 6.54 Å². The standard InChI is InChI=1S/C16H25NO2S2/c1-18-13-8-11(16(21-4)9-14(13)19-2)10-17-12-6-5-7-15(12)20-3/h8-9,12,15,17H,5-7,10H2,1-4H3. The third-order valence-corrected chi connectivity index (χ3v) is 6.09. The maximum absolute atomic E-state index is 5.42. The summed E-state index contributed by atoms with van der Waals surface area (Å²) in [5.41, 5.74) is 1.28. The fraction of sp³-hybridized carbons (Fsp3) is 0.625. The zero-order chi connectivity index (χ0) is 15.2. The Bertz CT molecular complexity index is 468. The lowest BCUT2D eigenvalue weighted by molar-refractivity contribution is 0.353. The fourth-order valence-corrected chi connectivity index (χ4v) is 4.49. The molecule has 0 heterocycles. The first-order valence-electron chi connectivity index (χ1n) is 7.28. The van der Waals surface area contributed by atoms with E-state index < -0.39 is 0 Å². The first-order chi connectivity index (χ1) is 10.2. The van der Waals surface area contributed by atoms with Gasteiger partial charge in [-0.15, -0.1) is 11.8 Å². The van der Waals surface area contributed by atoms with Crippen molar-refractivity contribution in [1.82, 2.24) is 5.32 Å².